The van der Waals surface area contributed by atoms with Crippen LogP contribution in [0.15, 0.2) is 65.1 Å². The molecular weight excluding hydrogens is 592 g/mol. The number of hydrogen-bond donors (Lipinski definition) is 0. The van der Waals surface area contributed by atoms with Crippen molar-refractivity contribution in [2.24, 2.45) is 0 Å². The van der Waals surface area contributed by atoms with Gasteiger partial charge in [-0.15, -0.1) is 0 Å². The van der Waals surface area contributed by atoms with E-state index in [2.05, 4.69) is 4.90 Å². The summed E-state index contributed by atoms with van der Waals surface area (Å²) in [5.41, 5.74) is -3.23. The van der Waals surface area contributed by atoms with E-state index in [4.69, 9.17) is 9.15 Å². The second kappa shape index (κ2) is 14.3. The highest BCUT2D eigenvalue weighted by atomic mass is 19.4. The van der Waals surface area contributed by atoms with Crippen molar-refractivity contribution in [2.45, 2.75) is 38.8 Å². The van der Waals surface area contributed by atoms with Crippen LogP contribution in [0.2, 0.25) is 0 Å². The Hall–Kier alpha value is -3.84. The molecule has 238 valence electrons. The molecule has 2 amide bonds. The van der Waals surface area contributed by atoms with Crippen LogP contribution in [0.1, 0.15) is 45.0 Å². The van der Waals surface area contributed by atoms with E-state index in [0.717, 1.165) is 10.5 Å². The van der Waals surface area contributed by atoms with Crippen molar-refractivity contribution in [1.82, 2.24) is 14.7 Å². The number of carbonyl (C=O) groups excluding carboxylic acids is 2. The van der Waals surface area contributed by atoms with E-state index in [0.29, 0.717) is 62.9 Å². The Morgan fingerprint density at radius 3 is 2.05 bits per heavy atom. The summed E-state index contributed by atoms with van der Waals surface area (Å²) in [5.74, 6) is -0.558. The number of ether oxygens (including phenoxy) is 1. The van der Waals surface area contributed by atoms with Crippen LogP contribution in [0.3, 0.4) is 0 Å². The summed E-state index contributed by atoms with van der Waals surface area (Å²) in [7, 11) is 0. The van der Waals surface area contributed by atoms with Crippen LogP contribution in [-0.4, -0.2) is 72.5 Å². The third kappa shape index (κ3) is 9.33. The number of amides is 2. The molecule has 1 fully saturated rings. The molecule has 0 saturated carbocycles. The normalized spacial score (nSPS) is 14.4. The Labute approximate surface area is 251 Å². The second-order valence-electron chi connectivity index (χ2n) is 10.6. The highest BCUT2D eigenvalue weighted by Crippen LogP contribution is 2.36. The van der Waals surface area contributed by atoms with E-state index in [9.17, 15) is 35.9 Å². The van der Waals surface area contributed by atoms with Gasteiger partial charge in [-0.3, -0.25) is 14.5 Å². The number of hydrogen-bond acceptors (Lipinski definition) is 5. The topological polar surface area (TPSA) is 66.2 Å². The maximum atomic E-state index is 13.7. The molecule has 4 rings (SSSR count). The van der Waals surface area contributed by atoms with Crippen molar-refractivity contribution in [3.63, 3.8) is 0 Å². The number of furan rings is 1. The largest absolute Gasteiger partial charge is 0.464 e. The Balaban J connectivity index is 1.62. The van der Waals surface area contributed by atoms with Gasteiger partial charge < -0.3 is 19.0 Å². The van der Waals surface area contributed by atoms with E-state index in [-0.39, 0.29) is 25.7 Å². The minimum Gasteiger partial charge on any atom is -0.464 e. The van der Waals surface area contributed by atoms with Crippen LogP contribution in [0, 0.1) is 6.92 Å². The van der Waals surface area contributed by atoms with Crippen molar-refractivity contribution in [2.75, 3.05) is 45.9 Å². The van der Waals surface area contributed by atoms with Crippen LogP contribution in [0.25, 0.3) is 0 Å². The molecule has 1 saturated heterocycles. The summed E-state index contributed by atoms with van der Waals surface area (Å²) in [5, 5.41) is 0. The average molecular weight is 626 g/mol. The molecule has 0 spiro atoms. The fourth-order valence-corrected chi connectivity index (χ4v) is 4.88. The van der Waals surface area contributed by atoms with Gasteiger partial charge in [-0.2, -0.15) is 26.3 Å². The van der Waals surface area contributed by atoms with Crippen LogP contribution in [0.5, 0.6) is 0 Å². The van der Waals surface area contributed by atoms with Crippen molar-refractivity contribution < 1.29 is 45.1 Å². The average Bonchev–Trinajstić information content (AvgIpc) is 3.40. The molecule has 0 unspecified atom stereocenters. The Morgan fingerprint density at radius 1 is 0.841 bits per heavy atom. The molecule has 2 heterocycles. The Kier molecular flexibility index (Phi) is 10.7. The molecule has 0 radical (unpaired) electrons. The van der Waals surface area contributed by atoms with Gasteiger partial charge in [-0.25, -0.2) is 0 Å². The number of alkyl halides is 6. The summed E-state index contributed by atoms with van der Waals surface area (Å²) in [6.45, 7) is 4.11. The van der Waals surface area contributed by atoms with E-state index in [1.807, 2.05) is 6.07 Å². The van der Waals surface area contributed by atoms with Gasteiger partial charge in [0.05, 0.1) is 30.9 Å². The molecule has 1 aliphatic rings. The molecule has 3 aromatic rings. The van der Waals surface area contributed by atoms with Crippen molar-refractivity contribution in [3.8, 4) is 0 Å². The first-order valence-electron chi connectivity index (χ1n) is 14.1. The first-order valence-corrected chi connectivity index (χ1v) is 14.1. The Bertz CT molecular complexity index is 1370. The lowest BCUT2D eigenvalue weighted by molar-refractivity contribution is -0.143. The van der Waals surface area contributed by atoms with Gasteiger partial charge in [-0.1, -0.05) is 30.3 Å². The number of morpholine rings is 1. The predicted molar refractivity (Wildman–Crippen MR) is 148 cm³/mol. The zero-order valence-electron chi connectivity index (χ0n) is 24.1. The zero-order chi connectivity index (χ0) is 31.9. The van der Waals surface area contributed by atoms with Crippen LogP contribution in [-0.2, 0) is 35.0 Å². The number of nitrogens with zero attached hydrogens (tertiary/aromatic N) is 3. The fourth-order valence-electron chi connectivity index (χ4n) is 4.88. The number of rotatable bonds is 11. The summed E-state index contributed by atoms with van der Waals surface area (Å²) >= 11 is 0. The lowest BCUT2D eigenvalue weighted by Crippen LogP contribution is -2.44. The number of halogens is 6. The summed E-state index contributed by atoms with van der Waals surface area (Å²) in [6.07, 6.45) is -9.91. The monoisotopic (exact) mass is 625 g/mol. The molecule has 0 bridgehead atoms. The van der Waals surface area contributed by atoms with Crippen molar-refractivity contribution in [3.05, 3.63) is 94.4 Å². The number of benzene rings is 2. The van der Waals surface area contributed by atoms with Gasteiger partial charge >= 0.3 is 12.4 Å². The van der Waals surface area contributed by atoms with Crippen molar-refractivity contribution in [1.29, 1.82) is 0 Å². The second-order valence-corrected chi connectivity index (χ2v) is 10.6. The van der Waals surface area contributed by atoms with Gasteiger partial charge in [-0.05, 0) is 49.2 Å². The van der Waals surface area contributed by atoms with Gasteiger partial charge in [0.1, 0.15) is 18.1 Å². The van der Waals surface area contributed by atoms with E-state index in [1.165, 1.54) is 4.90 Å². The van der Waals surface area contributed by atoms with Crippen molar-refractivity contribution >= 4 is 11.8 Å². The molecule has 7 nitrogen and oxygen atoms in total. The maximum absolute atomic E-state index is 13.7. The van der Waals surface area contributed by atoms with E-state index < -0.39 is 47.4 Å². The minimum absolute atomic E-state index is 0.0301. The third-order valence-corrected chi connectivity index (χ3v) is 7.17. The highest BCUT2D eigenvalue weighted by Gasteiger charge is 2.38. The Morgan fingerprint density at radius 2 is 1.48 bits per heavy atom. The molecule has 2 aromatic carbocycles. The lowest BCUT2D eigenvalue weighted by atomic mass is 10.0. The molecule has 1 aliphatic heterocycles. The number of carbonyl (C=O) groups is 2. The maximum Gasteiger partial charge on any atom is 0.416 e. The summed E-state index contributed by atoms with van der Waals surface area (Å²) < 4.78 is 92.4. The van der Waals surface area contributed by atoms with Gasteiger partial charge in [0.2, 0.25) is 5.91 Å². The van der Waals surface area contributed by atoms with Gasteiger partial charge in [0.15, 0.2) is 0 Å². The van der Waals surface area contributed by atoms with Crippen LogP contribution in [0.4, 0.5) is 26.3 Å². The minimum atomic E-state index is -5.12. The predicted octanol–water partition coefficient (Wildman–Crippen LogP) is 6.02. The molecule has 0 aliphatic carbocycles. The van der Waals surface area contributed by atoms with Crippen LogP contribution < -0.4 is 0 Å². The summed E-state index contributed by atoms with van der Waals surface area (Å²) in [4.78, 5) is 31.9. The van der Waals surface area contributed by atoms with E-state index in [1.54, 1.807) is 43.3 Å². The molecule has 44 heavy (non-hydrogen) atoms. The SMILES string of the molecule is Cc1ccc(CN(Cc2ccccc2)C(=O)CN(CCCN2CCOCC2)C(=O)c2cc(C(F)(F)F)cc(C(F)(F)F)c2)o1. The third-order valence-electron chi connectivity index (χ3n) is 7.17. The van der Waals surface area contributed by atoms with E-state index >= 15 is 0 Å². The summed E-state index contributed by atoms with van der Waals surface area (Å²) in [6, 6.07) is 13.2. The standard InChI is InChI=1S/C31H33F6N3O4/c1-22-8-9-27(44-22)20-40(19-23-6-3-2-4-7-23)28(41)21-39(11-5-10-38-12-14-43-15-13-38)29(42)24-16-25(30(32,33)34)18-26(17-24)31(35,36)37/h2-4,6-9,16-18H,5,10-15,19-21H2,1H3. The first-order chi connectivity index (χ1) is 20.8. The highest BCUT2D eigenvalue weighted by molar-refractivity contribution is 5.97. The molecule has 1 aromatic heterocycles. The molecule has 0 N–H and O–H groups in total. The lowest BCUT2D eigenvalue weighted by Gasteiger charge is -2.30. The zero-order valence-corrected chi connectivity index (χ0v) is 24.1. The van der Waals surface area contributed by atoms with Crippen LogP contribution >= 0.6 is 0 Å². The smallest absolute Gasteiger partial charge is 0.416 e. The van der Waals surface area contributed by atoms with Gasteiger partial charge in [0.25, 0.3) is 5.91 Å². The first kappa shape index (κ1) is 33.1. The molecular formula is C31H33F6N3O4. The molecule has 0 atom stereocenters. The quantitative estimate of drug-likeness (QED) is 0.244. The number of aryl methyl sites for hydroxylation is 1. The van der Waals surface area contributed by atoms with Gasteiger partial charge in [0, 0.05) is 38.3 Å². The molecule has 13 heteroatoms. The fraction of sp³-hybridized carbons (Fsp3) is 0.419.